The Labute approximate surface area is 115 Å². The minimum absolute atomic E-state index is 0.652. The van der Waals surface area contributed by atoms with Crippen LogP contribution < -0.4 is 5.73 Å². The van der Waals surface area contributed by atoms with Gasteiger partial charge in [-0.05, 0) is 24.3 Å². The summed E-state index contributed by atoms with van der Waals surface area (Å²) in [6.45, 7) is 0. The highest BCUT2D eigenvalue weighted by molar-refractivity contribution is 9.10. The predicted molar refractivity (Wildman–Crippen MR) is 76.5 cm³/mol. The number of nitrogen functional groups attached to an aromatic ring is 1. The summed E-state index contributed by atoms with van der Waals surface area (Å²) in [5.41, 5.74) is 8.27. The number of hydrogen-bond donors (Lipinski definition) is 2. The molecule has 0 saturated carbocycles. The molecule has 2 heterocycles. The Morgan fingerprint density at radius 1 is 1.35 bits per heavy atom. The number of aromatic nitrogens is 2. The molecule has 1 aromatic carbocycles. The fourth-order valence-electron chi connectivity index (χ4n) is 1.67. The molecule has 2 aromatic heterocycles. The number of nitrogens with zero attached hydrogens (tertiary/aromatic N) is 1. The number of anilines is 1. The van der Waals surface area contributed by atoms with Crippen LogP contribution in [-0.2, 0) is 0 Å². The van der Waals surface area contributed by atoms with Gasteiger partial charge in [0.2, 0.25) is 0 Å². The quantitative estimate of drug-likeness (QED) is 0.655. The largest absolute Gasteiger partial charge is 0.397 e. The standard InChI is InChI=1S/C11H7BrClN3S/c12-5-3-6(14)10-7(4-5)15-11(16-10)8-1-2-9(13)17-8/h1-4H,14H2,(H,15,16). The molecule has 0 fully saturated rings. The van der Waals surface area contributed by atoms with E-state index >= 15 is 0 Å². The third kappa shape index (κ3) is 1.94. The van der Waals surface area contributed by atoms with Gasteiger partial charge in [-0.25, -0.2) is 4.98 Å². The van der Waals surface area contributed by atoms with Crippen molar-refractivity contribution in [2.75, 3.05) is 5.73 Å². The molecule has 3 rings (SSSR count). The molecule has 0 bridgehead atoms. The molecule has 3 nitrogen and oxygen atoms in total. The van der Waals surface area contributed by atoms with Gasteiger partial charge in [0.25, 0.3) is 0 Å². The Morgan fingerprint density at radius 2 is 2.18 bits per heavy atom. The van der Waals surface area contributed by atoms with E-state index in [1.807, 2.05) is 24.3 Å². The Kier molecular flexibility index (Phi) is 2.61. The van der Waals surface area contributed by atoms with Crippen molar-refractivity contribution in [3.05, 3.63) is 33.1 Å². The van der Waals surface area contributed by atoms with Gasteiger partial charge in [-0.15, -0.1) is 11.3 Å². The zero-order valence-corrected chi connectivity index (χ0v) is 11.7. The number of aromatic amines is 1. The molecular formula is C11H7BrClN3S. The second-order valence-electron chi connectivity index (χ2n) is 3.58. The molecule has 0 spiro atoms. The average Bonchev–Trinajstić information content (AvgIpc) is 2.83. The number of nitrogens with one attached hydrogen (secondary N) is 1. The molecule has 86 valence electrons. The minimum Gasteiger partial charge on any atom is -0.397 e. The number of fused-ring (bicyclic) bond motifs is 1. The lowest BCUT2D eigenvalue weighted by Crippen LogP contribution is -1.86. The summed E-state index contributed by atoms with van der Waals surface area (Å²) in [6, 6.07) is 7.59. The van der Waals surface area contributed by atoms with E-state index in [9.17, 15) is 0 Å². The monoisotopic (exact) mass is 327 g/mol. The summed E-state index contributed by atoms with van der Waals surface area (Å²) in [4.78, 5) is 8.73. The molecule has 3 aromatic rings. The molecule has 0 aliphatic carbocycles. The minimum atomic E-state index is 0.652. The number of halogens is 2. The summed E-state index contributed by atoms with van der Waals surface area (Å²) in [5.74, 6) is 0.793. The topological polar surface area (TPSA) is 54.7 Å². The van der Waals surface area contributed by atoms with Gasteiger partial charge < -0.3 is 10.7 Å². The van der Waals surface area contributed by atoms with Crippen molar-refractivity contribution in [1.82, 2.24) is 9.97 Å². The van der Waals surface area contributed by atoms with Crippen molar-refractivity contribution in [2.45, 2.75) is 0 Å². The Morgan fingerprint density at radius 3 is 2.88 bits per heavy atom. The highest BCUT2D eigenvalue weighted by atomic mass is 79.9. The van der Waals surface area contributed by atoms with Crippen molar-refractivity contribution < 1.29 is 0 Å². The van der Waals surface area contributed by atoms with Gasteiger partial charge in [-0.1, -0.05) is 27.5 Å². The van der Waals surface area contributed by atoms with Crippen molar-refractivity contribution >= 4 is 55.6 Å². The van der Waals surface area contributed by atoms with Crippen LogP contribution in [0.25, 0.3) is 21.7 Å². The Hall–Kier alpha value is -1.04. The van der Waals surface area contributed by atoms with Gasteiger partial charge in [-0.3, -0.25) is 0 Å². The fraction of sp³-hybridized carbons (Fsp3) is 0. The number of benzene rings is 1. The van der Waals surface area contributed by atoms with Gasteiger partial charge in [0.05, 0.1) is 20.4 Å². The predicted octanol–water partition coefficient (Wildman–Crippen LogP) is 4.29. The van der Waals surface area contributed by atoms with Gasteiger partial charge in [0.1, 0.15) is 11.3 Å². The molecule has 6 heteroatoms. The van der Waals surface area contributed by atoms with Crippen LogP contribution in [0.5, 0.6) is 0 Å². The molecule has 0 amide bonds. The zero-order chi connectivity index (χ0) is 12.0. The molecular weight excluding hydrogens is 322 g/mol. The first-order chi connectivity index (χ1) is 8.13. The van der Waals surface area contributed by atoms with E-state index in [1.54, 1.807) is 0 Å². The summed E-state index contributed by atoms with van der Waals surface area (Å²) >= 11 is 10.8. The Balaban J connectivity index is 2.23. The van der Waals surface area contributed by atoms with Gasteiger partial charge in [0.15, 0.2) is 0 Å². The van der Waals surface area contributed by atoms with Crippen molar-refractivity contribution in [3.8, 4) is 10.7 Å². The van der Waals surface area contributed by atoms with Crippen LogP contribution in [-0.4, -0.2) is 9.97 Å². The van der Waals surface area contributed by atoms with Crippen LogP contribution in [0.15, 0.2) is 28.7 Å². The van der Waals surface area contributed by atoms with E-state index in [2.05, 4.69) is 25.9 Å². The number of H-pyrrole nitrogens is 1. The molecule has 0 atom stereocenters. The number of imidazole rings is 1. The highest BCUT2D eigenvalue weighted by Crippen LogP contribution is 2.32. The van der Waals surface area contributed by atoms with E-state index < -0.39 is 0 Å². The normalized spacial score (nSPS) is 11.2. The molecule has 0 aliphatic rings. The van der Waals surface area contributed by atoms with E-state index in [0.717, 1.165) is 30.5 Å². The number of rotatable bonds is 1. The number of hydrogen-bond acceptors (Lipinski definition) is 3. The van der Waals surface area contributed by atoms with Crippen LogP contribution >= 0.6 is 38.9 Å². The summed E-state index contributed by atoms with van der Waals surface area (Å²) < 4.78 is 1.68. The second kappa shape index (κ2) is 4.01. The maximum absolute atomic E-state index is 5.92. The van der Waals surface area contributed by atoms with E-state index in [-0.39, 0.29) is 0 Å². The fourth-order valence-corrected chi connectivity index (χ4v) is 3.13. The molecule has 0 aliphatic heterocycles. The van der Waals surface area contributed by atoms with Crippen LogP contribution in [0.4, 0.5) is 5.69 Å². The lowest BCUT2D eigenvalue weighted by molar-refractivity contribution is 1.36. The summed E-state index contributed by atoms with van der Waals surface area (Å²) in [7, 11) is 0. The number of thiophene rings is 1. The molecule has 0 radical (unpaired) electrons. The third-order valence-corrected chi connectivity index (χ3v) is 4.08. The van der Waals surface area contributed by atoms with Crippen LogP contribution in [0.1, 0.15) is 0 Å². The van der Waals surface area contributed by atoms with Gasteiger partial charge in [-0.2, -0.15) is 0 Å². The zero-order valence-electron chi connectivity index (χ0n) is 8.50. The summed E-state index contributed by atoms with van der Waals surface area (Å²) in [6.07, 6.45) is 0. The third-order valence-electron chi connectivity index (χ3n) is 2.39. The maximum Gasteiger partial charge on any atom is 0.148 e. The first-order valence-corrected chi connectivity index (χ1v) is 6.82. The first-order valence-electron chi connectivity index (χ1n) is 4.84. The molecule has 0 saturated heterocycles. The van der Waals surface area contributed by atoms with Crippen molar-refractivity contribution in [2.24, 2.45) is 0 Å². The molecule has 0 unspecified atom stereocenters. The smallest absolute Gasteiger partial charge is 0.148 e. The summed E-state index contributed by atoms with van der Waals surface area (Å²) in [5, 5.41) is 0. The van der Waals surface area contributed by atoms with Gasteiger partial charge >= 0.3 is 0 Å². The van der Waals surface area contributed by atoms with E-state index in [0.29, 0.717) is 5.69 Å². The first kappa shape index (κ1) is 11.1. The maximum atomic E-state index is 5.92. The highest BCUT2D eigenvalue weighted by Gasteiger charge is 2.10. The van der Waals surface area contributed by atoms with Crippen LogP contribution in [0.3, 0.4) is 0 Å². The lowest BCUT2D eigenvalue weighted by atomic mass is 10.3. The van der Waals surface area contributed by atoms with Crippen LogP contribution in [0, 0.1) is 0 Å². The lowest BCUT2D eigenvalue weighted by Gasteiger charge is -1.94. The van der Waals surface area contributed by atoms with Gasteiger partial charge in [0, 0.05) is 4.47 Å². The Bertz CT molecular complexity index is 704. The SMILES string of the molecule is Nc1cc(Br)cc2[nH]c(-c3ccc(Cl)s3)nc12. The van der Waals surface area contributed by atoms with Crippen LogP contribution in [0.2, 0.25) is 4.34 Å². The van der Waals surface area contributed by atoms with Crippen molar-refractivity contribution in [3.63, 3.8) is 0 Å². The average molecular weight is 329 g/mol. The second-order valence-corrected chi connectivity index (χ2v) is 6.21. The van der Waals surface area contributed by atoms with Crippen molar-refractivity contribution in [1.29, 1.82) is 0 Å². The molecule has 3 N–H and O–H groups in total. The van der Waals surface area contributed by atoms with E-state index in [4.69, 9.17) is 17.3 Å². The number of nitrogens with two attached hydrogens (primary N) is 1. The molecule has 17 heavy (non-hydrogen) atoms. The van der Waals surface area contributed by atoms with E-state index in [1.165, 1.54) is 11.3 Å².